The van der Waals surface area contributed by atoms with Gasteiger partial charge in [0.25, 0.3) is 5.22 Å². The Kier molecular flexibility index (Phi) is 4.06. The van der Waals surface area contributed by atoms with E-state index < -0.39 is 29.0 Å². The second-order valence-corrected chi connectivity index (χ2v) is 5.67. The van der Waals surface area contributed by atoms with Gasteiger partial charge < -0.3 is 9.73 Å². The number of nitrogens with zero attached hydrogens (tertiary/aromatic N) is 2. The lowest BCUT2D eigenvalue weighted by atomic mass is 10.3. The van der Waals surface area contributed by atoms with Crippen molar-refractivity contribution in [3.63, 3.8) is 0 Å². The van der Waals surface area contributed by atoms with Crippen molar-refractivity contribution >= 4 is 23.4 Å². The van der Waals surface area contributed by atoms with Gasteiger partial charge in [-0.25, -0.2) is 13.2 Å². The number of carbonyl (C=O) groups excluding carboxylic acids is 1. The minimum atomic E-state index is -1.63. The summed E-state index contributed by atoms with van der Waals surface area (Å²) >= 11 is 0.984. The largest absolute Gasteiger partial charge is 0.416 e. The van der Waals surface area contributed by atoms with E-state index in [4.69, 9.17) is 4.42 Å². The molecule has 1 N–H and O–H groups in total. The third kappa shape index (κ3) is 3.24. The molecule has 2 aromatic rings. The number of halogens is 3. The Balaban J connectivity index is 1.56. The van der Waals surface area contributed by atoms with Gasteiger partial charge in [0.2, 0.25) is 11.8 Å². The molecular formula is C13H10F3N3O2S. The van der Waals surface area contributed by atoms with E-state index in [0.717, 1.165) is 36.7 Å². The van der Waals surface area contributed by atoms with Crippen molar-refractivity contribution in [1.82, 2.24) is 10.2 Å². The molecule has 0 unspecified atom stereocenters. The normalized spacial score (nSPS) is 14.1. The molecule has 0 saturated heterocycles. The van der Waals surface area contributed by atoms with Crippen LogP contribution in [0.5, 0.6) is 0 Å². The lowest BCUT2D eigenvalue weighted by Gasteiger charge is -2.06. The van der Waals surface area contributed by atoms with Crippen molar-refractivity contribution in [1.29, 1.82) is 0 Å². The Morgan fingerprint density at radius 3 is 2.77 bits per heavy atom. The maximum absolute atomic E-state index is 13.4. The van der Waals surface area contributed by atoms with Gasteiger partial charge in [0.15, 0.2) is 17.5 Å². The SMILES string of the molecule is O=C(CSc1nnc(C2CC2)o1)Nc1ccc(F)c(F)c1F. The van der Waals surface area contributed by atoms with E-state index >= 15 is 0 Å². The van der Waals surface area contributed by atoms with Crippen molar-refractivity contribution in [3.05, 3.63) is 35.5 Å². The van der Waals surface area contributed by atoms with Gasteiger partial charge in [0, 0.05) is 5.92 Å². The van der Waals surface area contributed by atoms with E-state index in [1.807, 2.05) is 0 Å². The molecule has 1 amide bonds. The molecule has 1 saturated carbocycles. The number of hydrogen-bond acceptors (Lipinski definition) is 5. The molecule has 0 spiro atoms. The van der Waals surface area contributed by atoms with Crippen LogP contribution in [0.15, 0.2) is 21.8 Å². The zero-order valence-electron chi connectivity index (χ0n) is 11.1. The zero-order chi connectivity index (χ0) is 15.7. The van der Waals surface area contributed by atoms with Crippen molar-refractivity contribution in [2.75, 3.05) is 11.1 Å². The summed E-state index contributed by atoms with van der Waals surface area (Å²) in [5.41, 5.74) is -0.423. The molecule has 1 aliphatic rings. The molecule has 0 aliphatic heterocycles. The van der Waals surface area contributed by atoms with Gasteiger partial charge in [0.05, 0.1) is 11.4 Å². The fraction of sp³-hybridized carbons (Fsp3) is 0.308. The average Bonchev–Trinajstić information content (AvgIpc) is 3.25. The van der Waals surface area contributed by atoms with Gasteiger partial charge in [-0.1, -0.05) is 11.8 Å². The van der Waals surface area contributed by atoms with Gasteiger partial charge >= 0.3 is 0 Å². The molecule has 1 aromatic carbocycles. The maximum Gasteiger partial charge on any atom is 0.277 e. The van der Waals surface area contributed by atoms with E-state index in [2.05, 4.69) is 15.5 Å². The third-order valence-corrected chi connectivity index (χ3v) is 3.80. The van der Waals surface area contributed by atoms with Crippen molar-refractivity contribution in [2.45, 2.75) is 24.0 Å². The van der Waals surface area contributed by atoms with E-state index in [9.17, 15) is 18.0 Å². The summed E-state index contributed by atoms with van der Waals surface area (Å²) in [5, 5.41) is 10.0. The molecule has 5 nitrogen and oxygen atoms in total. The lowest BCUT2D eigenvalue weighted by molar-refractivity contribution is -0.113. The molecule has 0 radical (unpaired) electrons. The first kappa shape index (κ1) is 14.9. The van der Waals surface area contributed by atoms with Crippen molar-refractivity contribution in [3.8, 4) is 0 Å². The fourth-order valence-corrected chi connectivity index (χ4v) is 2.28. The number of hydrogen-bond donors (Lipinski definition) is 1. The number of amides is 1. The standard InChI is InChI=1S/C13H10F3N3O2S/c14-7-3-4-8(11(16)10(7)15)17-9(20)5-22-13-19-18-12(21-13)6-1-2-6/h3-4,6H,1-2,5H2,(H,17,20). The first-order valence-corrected chi connectivity index (χ1v) is 7.42. The lowest BCUT2D eigenvalue weighted by Crippen LogP contribution is -2.15. The van der Waals surface area contributed by atoms with Gasteiger partial charge in [0.1, 0.15) is 0 Å². The molecule has 1 fully saturated rings. The van der Waals surface area contributed by atoms with Gasteiger partial charge in [-0.05, 0) is 25.0 Å². The summed E-state index contributed by atoms with van der Waals surface area (Å²) in [5.74, 6) is -4.24. The molecule has 22 heavy (non-hydrogen) atoms. The first-order chi connectivity index (χ1) is 10.5. The molecule has 0 bridgehead atoms. The van der Waals surface area contributed by atoms with Crippen LogP contribution in [0.3, 0.4) is 0 Å². The van der Waals surface area contributed by atoms with Crippen LogP contribution in [-0.4, -0.2) is 21.9 Å². The highest BCUT2D eigenvalue weighted by Gasteiger charge is 2.29. The summed E-state index contributed by atoms with van der Waals surface area (Å²) in [6.45, 7) is 0. The Hall–Kier alpha value is -2.03. The minimum absolute atomic E-state index is 0.120. The van der Waals surface area contributed by atoms with Gasteiger partial charge in [-0.15, -0.1) is 10.2 Å². The van der Waals surface area contributed by atoms with E-state index in [0.29, 0.717) is 11.8 Å². The number of aromatic nitrogens is 2. The number of benzene rings is 1. The Bertz CT molecular complexity index is 719. The topological polar surface area (TPSA) is 68.0 Å². The summed E-state index contributed by atoms with van der Waals surface area (Å²) in [4.78, 5) is 11.7. The number of rotatable bonds is 5. The van der Waals surface area contributed by atoms with Crippen LogP contribution < -0.4 is 5.32 Å². The average molecular weight is 329 g/mol. The van der Waals surface area contributed by atoms with Crippen LogP contribution in [0.4, 0.5) is 18.9 Å². The van der Waals surface area contributed by atoms with E-state index in [-0.39, 0.29) is 11.0 Å². The van der Waals surface area contributed by atoms with Crippen LogP contribution in [0.2, 0.25) is 0 Å². The molecule has 1 aromatic heterocycles. The van der Waals surface area contributed by atoms with Crippen LogP contribution in [-0.2, 0) is 4.79 Å². The molecule has 0 atom stereocenters. The highest BCUT2D eigenvalue weighted by Crippen LogP contribution is 2.39. The minimum Gasteiger partial charge on any atom is -0.416 e. The first-order valence-electron chi connectivity index (χ1n) is 6.44. The Labute approximate surface area is 127 Å². The Morgan fingerprint density at radius 1 is 1.27 bits per heavy atom. The van der Waals surface area contributed by atoms with Crippen LogP contribution in [0.25, 0.3) is 0 Å². The van der Waals surface area contributed by atoms with Crippen LogP contribution in [0.1, 0.15) is 24.7 Å². The van der Waals surface area contributed by atoms with E-state index in [1.54, 1.807) is 0 Å². The van der Waals surface area contributed by atoms with Crippen molar-refractivity contribution in [2.24, 2.45) is 0 Å². The zero-order valence-corrected chi connectivity index (χ0v) is 11.9. The number of carbonyl (C=O) groups is 1. The molecule has 3 rings (SSSR count). The van der Waals surface area contributed by atoms with Gasteiger partial charge in [-0.2, -0.15) is 0 Å². The summed E-state index contributed by atoms with van der Waals surface area (Å²) in [6, 6.07) is 1.69. The molecule has 9 heteroatoms. The maximum atomic E-state index is 13.4. The molecule has 1 heterocycles. The molecular weight excluding hydrogens is 319 g/mol. The molecule has 1 aliphatic carbocycles. The van der Waals surface area contributed by atoms with Gasteiger partial charge in [-0.3, -0.25) is 4.79 Å². The Morgan fingerprint density at radius 2 is 2.05 bits per heavy atom. The predicted molar refractivity (Wildman–Crippen MR) is 71.9 cm³/mol. The predicted octanol–water partition coefficient (Wildman–Crippen LogP) is 3.10. The monoisotopic (exact) mass is 329 g/mol. The number of anilines is 1. The van der Waals surface area contributed by atoms with Crippen molar-refractivity contribution < 1.29 is 22.4 Å². The fourth-order valence-electron chi connectivity index (χ4n) is 1.71. The number of nitrogens with one attached hydrogen (secondary N) is 1. The smallest absolute Gasteiger partial charge is 0.277 e. The third-order valence-electron chi connectivity index (χ3n) is 2.98. The molecule has 116 valence electrons. The highest BCUT2D eigenvalue weighted by atomic mass is 32.2. The summed E-state index contributed by atoms with van der Waals surface area (Å²) in [6.07, 6.45) is 2.03. The number of thioether (sulfide) groups is 1. The second-order valence-electron chi connectivity index (χ2n) is 4.74. The quantitative estimate of drug-likeness (QED) is 0.674. The van der Waals surface area contributed by atoms with E-state index in [1.165, 1.54) is 0 Å². The van der Waals surface area contributed by atoms with Crippen LogP contribution in [0, 0.1) is 17.5 Å². The highest BCUT2D eigenvalue weighted by molar-refractivity contribution is 7.99. The summed E-state index contributed by atoms with van der Waals surface area (Å²) < 4.78 is 44.6. The summed E-state index contributed by atoms with van der Waals surface area (Å²) in [7, 11) is 0. The van der Waals surface area contributed by atoms with Crippen LogP contribution >= 0.6 is 11.8 Å². The second kappa shape index (κ2) is 5.99.